The van der Waals surface area contributed by atoms with E-state index in [1.54, 1.807) is 12.1 Å². The molecule has 1 aromatic carbocycles. The fourth-order valence-corrected chi connectivity index (χ4v) is 3.15. The molecule has 28 heavy (non-hydrogen) atoms. The minimum absolute atomic E-state index is 0.0547. The molecule has 0 radical (unpaired) electrons. The van der Waals surface area contributed by atoms with Gasteiger partial charge in [-0.1, -0.05) is 5.16 Å². The van der Waals surface area contributed by atoms with Gasteiger partial charge in [0.15, 0.2) is 5.76 Å². The SMILES string of the molecule is Cc1cc(CN2CCN(C(C)C(=O)Nc3ccc(OC(F)F)cc3)CC2)on1. The molecule has 0 bridgehead atoms. The van der Waals surface area contributed by atoms with E-state index in [2.05, 4.69) is 25.0 Å². The number of ether oxygens (including phenoxy) is 1. The maximum Gasteiger partial charge on any atom is 0.387 e. The molecule has 9 heteroatoms. The summed E-state index contributed by atoms with van der Waals surface area (Å²) in [5.74, 6) is 0.761. The zero-order valence-electron chi connectivity index (χ0n) is 15.9. The van der Waals surface area contributed by atoms with Crippen LogP contribution in [0, 0.1) is 6.92 Å². The molecule has 152 valence electrons. The first-order valence-electron chi connectivity index (χ1n) is 9.15. The normalized spacial score (nSPS) is 16.9. The third-order valence-corrected chi connectivity index (χ3v) is 4.74. The number of carbonyl (C=O) groups is 1. The van der Waals surface area contributed by atoms with E-state index < -0.39 is 6.61 Å². The Kier molecular flexibility index (Phi) is 6.58. The van der Waals surface area contributed by atoms with Crippen molar-refractivity contribution in [1.82, 2.24) is 15.0 Å². The van der Waals surface area contributed by atoms with Crippen molar-refractivity contribution in [2.75, 3.05) is 31.5 Å². The number of nitrogens with one attached hydrogen (secondary N) is 1. The first kappa shape index (κ1) is 20.2. The second kappa shape index (κ2) is 9.11. The van der Waals surface area contributed by atoms with E-state index in [1.807, 2.05) is 19.9 Å². The summed E-state index contributed by atoms with van der Waals surface area (Å²) in [5, 5.41) is 6.71. The Bertz CT molecular complexity index is 774. The van der Waals surface area contributed by atoms with Crippen LogP contribution in [0.2, 0.25) is 0 Å². The molecule has 1 saturated heterocycles. The fraction of sp³-hybridized carbons (Fsp3) is 0.474. The van der Waals surface area contributed by atoms with Gasteiger partial charge in [0.2, 0.25) is 5.91 Å². The van der Waals surface area contributed by atoms with Crippen LogP contribution in [-0.4, -0.2) is 59.7 Å². The highest BCUT2D eigenvalue weighted by molar-refractivity contribution is 5.94. The zero-order chi connectivity index (χ0) is 20.1. The summed E-state index contributed by atoms with van der Waals surface area (Å²) in [6, 6.07) is 7.51. The van der Waals surface area contributed by atoms with Gasteiger partial charge in [0, 0.05) is 37.9 Å². The lowest BCUT2D eigenvalue weighted by Gasteiger charge is -2.37. The van der Waals surface area contributed by atoms with Crippen molar-refractivity contribution < 1.29 is 22.8 Å². The van der Waals surface area contributed by atoms with Gasteiger partial charge in [-0.05, 0) is 38.1 Å². The van der Waals surface area contributed by atoms with Gasteiger partial charge in [-0.25, -0.2) is 0 Å². The average molecular weight is 394 g/mol. The number of anilines is 1. The molecular formula is C19H24F2N4O3. The van der Waals surface area contributed by atoms with Crippen molar-refractivity contribution in [1.29, 1.82) is 0 Å². The number of rotatable bonds is 7. The van der Waals surface area contributed by atoms with E-state index in [4.69, 9.17) is 4.52 Å². The molecule has 2 aromatic rings. The Morgan fingerprint density at radius 2 is 1.93 bits per heavy atom. The molecule has 1 unspecified atom stereocenters. The number of carbonyl (C=O) groups excluding carboxylic acids is 1. The quantitative estimate of drug-likeness (QED) is 0.779. The topological polar surface area (TPSA) is 70.8 Å². The van der Waals surface area contributed by atoms with Crippen molar-refractivity contribution in [2.45, 2.75) is 33.0 Å². The molecule has 1 atom stereocenters. The van der Waals surface area contributed by atoms with Gasteiger partial charge < -0.3 is 14.6 Å². The summed E-state index contributed by atoms with van der Waals surface area (Å²) in [6.07, 6.45) is 0. The first-order valence-corrected chi connectivity index (χ1v) is 9.15. The van der Waals surface area contributed by atoms with Crippen molar-refractivity contribution >= 4 is 11.6 Å². The van der Waals surface area contributed by atoms with Crippen LogP contribution in [0.5, 0.6) is 5.75 Å². The lowest BCUT2D eigenvalue weighted by molar-refractivity contribution is -0.121. The van der Waals surface area contributed by atoms with Crippen LogP contribution < -0.4 is 10.1 Å². The molecule has 2 heterocycles. The number of aromatic nitrogens is 1. The van der Waals surface area contributed by atoms with Crippen molar-refractivity contribution in [3.63, 3.8) is 0 Å². The number of nitrogens with zero attached hydrogens (tertiary/aromatic N) is 3. The van der Waals surface area contributed by atoms with Gasteiger partial charge in [-0.2, -0.15) is 8.78 Å². The van der Waals surface area contributed by atoms with Crippen LogP contribution in [0.25, 0.3) is 0 Å². The fourth-order valence-electron chi connectivity index (χ4n) is 3.15. The summed E-state index contributed by atoms with van der Waals surface area (Å²) in [6.45, 7) is 4.79. The maximum absolute atomic E-state index is 12.5. The molecule has 1 fully saturated rings. The summed E-state index contributed by atoms with van der Waals surface area (Å²) in [4.78, 5) is 16.9. The largest absolute Gasteiger partial charge is 0.435 e. The molecule has 7 nitrogen and oxygen atoms in total. The molecule has 1 aromatic heterocycles. The lowest BCUT2D eigenvalue weighted by atomic mass is 10.2. The van der Waals surface area contributed by atoms with Crippen LogP contribution in [-0.2, 0) is 11.3 Å². The minimum Gasteiger partial charge on any atom is -0.435 e. The van der Waals surface area contributed by atoms with E-state index in [9.17, 15) is 13.6 Å². The van der Waals surface area contributed by atoms with E-state index in [0.717, 1.165) is 37.6 Å². The van der Waals surface area contributed by atoms with Crippen LogP contribution in [0.1, 0.15) is 18.4 Å². The van der Waals surface area contributed by atoms with Crippen LogP contribution in [0.3, 0.4) is 0 Å². The molecule has 0 aliphatic carbocycles. The third-order valence-electron chi connectivity index (χ3n) is 4.74. The Morgan fingerprint density at radius 3 is 2.50 bits per heavy atom. The second-order valence-corrected chi connectivity index (χ2v) is 6.81. The number of hydrogen-bond donors (Lipinski definition) is 1. The molecule has 1 aliphatic heterocycles. The Labute approximate surface area is 162 Å². The number of alkyl halides is 2. The standard InChI is InChI=1S/C19H24F2N4O3/c1-13-11-17(28-23-13)12-24-7-9-25(10-8-24)14(2)18(26)22-15-3-5-16(6-4-15)27-19(20)21/h3-6,11,14,19H,7-10,12H2,1-2H3,(H,22,26). The Hall–Kier alpha value is -2.52. The van der Waals surface area contributed by atoms with Gasteiger partial charge in [0.05, 0.1) is 18.3 Å². The minimum atomic E-state index is -2.87. The predicted molar refractivity (Wildman–Crippen MR) is 99.3 cm³/mol. The zero-order valence-corrected chi connectivity index (χ0v) is 15.9. The maximum atomic E-state index is 12.5. The monoisotopic (exact) mass is 394 g/mol. The van der Waals surface area contributed by atoms with Crippen LogP contribution in [0.4, 0.5) is 14.5 Å². The Morgan fingerprint density at radius 1 is 1.25 bits per heavy atom. The van der Waals surface area contributed by atoms with E-state index in [0.29, 0.717) is 12.2 Å². The molecule has 3 rings (SSSR count). The van der Waals surface area contributed by atoms with Crippen LogP contribution in [0.15, 0.2) is 34.9 Å². The first-order chi connectivity index (χ1) is 13.4. The summed E-state index contributed by atoms with van der Waals surface area (Å²) < 4.78 is 33.9. The van der Waals surface area contributed by atoms with Crippen molar-refractivity contribution in [2.24, 2.45) is 0 Å². The third kappa shape index (κ3) is 5.49. The molecule has 1 aliphatic rings. The molecule has 1 N–H and O–H groups in total. The predicted octanol–water partition coefficient (Wildman–Crippen LogP) is 2.73. The number of amides is 1. The molecule has 0 saturated carbocycles. The van der Waals surface area contributed by atoms with E-state index in [-0.39, 0.29) is 17.7 Å². The van der Waals surface area contributed by atoms with Gasteiger partial charge >= 0.3 is 6.61 Å². The van der Waals surface area contributed by atoms with Gasteiger partial charge in [-0.3, -0.25) is 14.6 Å². The molecule has 1 amide bonds. The number of piperazine rings is 1. The van der Waals surface area contributed by atoms with Gasteiger partial charge in [-0.15, -0.1) is 0 Å². The number of halogens is 2. The smallest absolute Gasteiger partial charge is 0.387 e. The number of benzene rings is 1. The highest BCUT2D eigenvalue weighted by Gasteiger charge is 2.26. The van der Waals surface area contributed by atoms with Crippen LogP contribution >= 0.6 is 0 Å². The van der Waals surface area contributed by atoms with Gasteiger partial charge in [0.25, 0.3) is 0 Å². The van der Waals surface area contributed by atoms with Crippen molar-refractivity contribution in [3.8, 4) is 5.75 Å². The average Bonchev–Trinajstić information content (AvgIpc) is 3.07. The summed E-state index contributed by atoms with van der Waals surface area (Å²) >= 11 is 0. The summed E-state index contributed by atoms with van der Waals surface area (Å²) in [5.41, 5.74) is 1.41. The Balaban J connectivity index is 1.46. The lowest BCUT2D eigenvalue weighted by Crippen LogP contribution is -2.52. The van der Waals surface area contributed by atoms with Crippen molar-refractivity contribution in [3.05, 3.63) is 41.8 Å². The highest BCUT2D eigenvalue weighted by Crippen LogP contribution is 2.18. The van der Waals surface area contributed by atoms with Gasteiger partial charge in [0.1, 0.15) is 5.75 Å². The number of hydrogen-bond acceptors (Lipinski definition) is 6. The second-order valence-electron chi connectivity index (χ2n) is 6.81. The molecular weight excluding hydrogens is 370 g/mol. The molecule has 0 spiro atoms. The highest BCUT2D eigenvalue weighted by atomic mass is 19.3. The van der Waals surface area contributed by atoms with E-state index >= 15 is 0 Å². The van der Waals surface area contributed by atoms with E-state index in [1.165, 1.54) is 12.1 Å². The number of aryl methyl sites for hydroxylation is 1. The summed E-state index contributed by atoms with van der Waals surface area (Å²) in [7, 11) is 0.